The zero-order chi connectivity index (χ0) is 9.84. The van der Waals surface area contributed by atoms with Gasteiger partial charge in [0.2, 0.25) is 0 Å². The summed E-state index contributed by atoms with van der Waals surface area (Å²) in [6.07, 6.45) is -0.199. The van der Waals surface area contributed by atoms with Crippen molar-refractivity contribution < 1.29 is 14.7 Å². The van der Waals surface area contributed by atoms with Crippen molar-refractivity contribution in [3.8, 4) is 0 Å². The molecule has 74 valence electrons. The Morgan fingerprint density at radius 3 is 2.92 bits per heavy atom. The first kappa shape index (κ1) is 9.94. The molecule has 1 atom stereocenters. The lowest BCUT2D eigenvalue weighted by molar-refractivity contribution is -0.118. The van der Waals surface area contributed by atoms with E-state index in [0.29, 0.717) is 24.4 Å². The maximum absolute atomic E-state index is 11.1. The Labute approximate surface area is 75.7 Å². The SMILES string of the molecule is NN(CCC1NCCC1=O)C(=O)O. The zero-order valence-corrected chi connectivity index (χ0v) is 7.19. The molecule has 1 heterocycles. The summed E-state index contributed by atoms with van der Waals surface area (Å²) < 4.78 is 0. The fraction of sp³-hybridized carbons (Fsp3) is 0.714. The summed E-state index contributed by atoms with van der Waals surface area (Å²) in [4.78, 5) is 21.4. The quantitative estimate of drug-likeness (QED) is 0.304. The standard InChI is InChI=1S/C7H13N3O3/c8-10(7(12)13)4-2-5-6(11)1-3-9-5/h5,9H,1-4,8H2,(H,12,13). The van der Waals surface area contributed by atoms with Crippen LogP contribution in [0.25, 0.3) is 0 Å². The fourth-order valence-corrected chi connectivity index (χ4v) is 1.28. The summed E-state index contributed by atoms with van der Waals surface area (Å²) in [5, 5.41) is 12.1. The maximum atomic E-state index is 11.1. The number of nitrogens with one attached hydrogen (secondary N) is 1. The highest BCUT2D eigenvalue weighted by atomic mass is 16.4. The average molecular weight is 187 g/mol. The second kappa shape index (κ2) is 4.20. The predicted molar refractivity (Wildman–Crippen MR) is 44.9 cm³/mol. The van der Waals surface area contributed by atoms with Gasteiger partial charge in [0.25, 0.3) is 0 Å². The molecule has 0 aliphatic carbocycles. The van der Waals surface area contributed by atoms with E-state index in [1.54, 1.807) is 0 Å². The van der Waals surface area contributed by atoms with Gasteiger partial charge in [-0.05, 0) is 6.42 Å². The minimum absolute atomic E-state index is 0.138. The first-order valence-corrected chi connectivity index (χ1v) is 4.12. The number of nitrogens with zero attached hydrogens (tertiary/aromatic N) is 1. The van der Waals surface area contributed by atoms with Crippen molar-refractivity contribution in [1.82, 2.24) is 10.3 Å². The van der Waals surface area contributed by atoms with Gasteiger partial charge in [-0.3, -0.25) is 4.79 Å². The molecule has 1 rings (SSSR count). The highest BCUT2D eigenvalue weighted by Crippen LogP contribution is 2.04. The van der Waals surface area contributed by atoms with Crippen LogP contribution in [-0.2, 0) is 4.79 Å². The molecule has 0 aromatic rings. The van der Waals surface area contributed by atoms with E-state index in [4.69, 9.17) is 10.9 Å². The van der Waals surface area contributed by atoms with Crippen molar-refractivity contribution in [2.24, 2.45) is 5.84 Å². The smallest absolute Gasteiger partial charge is 0.421 e. The van der Waals surface area contributed by atoms with Gasteiger partial charge >= 0.3 is 6.09 Å². The molecule has 1 aliphatic rings. The molecule has 0 spiro atoms. The number of rotatable bonds is 3. The lowest BCUT2D eigenvalue weighted by Crippen LogP contribution is -2.40. The second-order valence-corrected chi connectivity index (χ2v) is 2.99. The Morgan fingerprint density at radius 1 is 1.77 bits per heavy atom. The van der Waals surface area contributed by atoms with Gasteiger partial charge in [-0.1, -0.05) is 0 Å². The van der Waals surface area contributed by atoms with Gasteiger partial charge in [0.1, 0.15) is 0 Å². The monoisotopic (exact) mass is 187 g/mol. The van der Waals surface area contributed by atoms with Crippen LogP contribution in [0.5, 0.6) is 0 Å². The molecule has 0 aromatic carbocycles. The Balaban J connectivity index is 2.25. The van der Waals surface area contributed by atoms with E-state index in [2.05, 4.69) is 5.32 Å². The third kappa shape index (κ3) is 2.67. The van der Waals surface area contributed by atoms with E-state index in [0.717, 1.165) is 0 Å². The number of carbonyl (C=O) groups excluding carboxylic acids is 1. The average Bonchev–Trinajstić information content (AvgIpc) is 2.47. The molecule has 6 nitrogen and oxygen atoms in total. The number of hydrogen-bond donors (Lipinski definition) is 3. The summed E-state index contributed by atoms with van der Waals surface area (Å²) in [7, 11) is 0. The topological polar surface area (TPSA) is 95.7 Å². The second-order valence-electron chi connectivity index (χ2n) is 2.99. The van der Waals surface area contributed by atoms with Crippen molar-refractivity contribution in [2.75, 3.05) is 13.1 Å². The highest BCUT2D eigenvalue weighted by molar-refractivity contribution is 5.86. The lowest BCUT2D eigenvalue weighted by Gasteiger charge is -2.14. The largest absolute Gasteiger partial charge is 0.464 e. The summed E-state index contributed by atoms with van der Waals surface area (Å²) in [5.41, 5.74) is 0. The predicted octanol–water partition coefficient (Wildman–Crippen LogP) is -0.839. The molecule has 0 aromatic heterocycles. The zero-order valence-electron chi connectivity index (χ0n) is 7.19. The number of hydrazine groups is 1. The Bertz CT molecular complexity index is 219. The number of amides is 1. The van der Waals surface area contributed by atoms with Crippen LogP contribution in [0.4, 0.5) is 4.79 Å². The van der Waals surface area contributed by atoms with Gasteiger partial charge in [0, 0.05) is 19.5 Å². The summed E-state index contributed by atoms with van der Waals surface area (Å²) in [5.74, 6) is 5.27. The van der Waals surface area contributed by atoms with Crippen molar-refractivity contribution >= 4 is 11.9 Å². The van der Waals surface area contributed by atoms with Crippen molar-refractivity contribution in [1.29, 1.82) is 0 Å². The minimum Gasteiger partial charge on any atom is -0.464 e. The molecular formula is C7H13N3O3. The van der Waals surface area contributed by atoms with E-state index < -0.39 is 6.09 Å². The minimum atomic E-state index is -1.18. The number of carbonyl (C=O) groups is 2. The van der Waals surface area contributed by atoms with E-state index in [1.165, 1.54) is 0 Å². The first-order chi connectivity index (χ1) is 6.11. The van der Waals surface area contributed by atoms with Crippen LogP contribution in [0.1, 0.15) is 12.8 Å². The molecule has 1 unspecified atom stereocenters. The third-order valence-corrected chi connectivity index (χ3v) is 2.06. The molecule has 4 N–H and O–H groups in total. The Morgan fingerprint density at radius 2 is 2.46 bits per heavy atom. The van der Waals surface area contributed by atoms with Gasteiger partial charge < -0.3 is 10.4 Å². The van der Waals surface area contributed by atoms with Crippen molar-refractivity contribution in [2.45, 2.75) is 18.9 Å². The Hall–Kier alpha value is -1.14. The molecule has 1 aliphatic heterocycles. The number of Topliss-reactive ketones (excluding diaryl/α,β-unsaturated/α-hetero) is 1. The van der Waals surface area contributed by atoms with Gasteiger partial charge in [0.15, 0.2) is 5.78 Å². The molecule has 0 radical (unpaired) electrons. The van der Waals surface area contributed by atoms with Crippen LogP contribution in [0, 0.1) is 0 Å². The molecule has 6 heteroatoms. The molecule has 1 amide bonds. The summed E-state index contributed by atoms with van der Waals surface area (Å²) >= 11 is 0. The summed E-state index contributed by atoms with van der Waals surface area (Å²) in [6.45, 7) is 0.861. The van der Waals surface area contributed by atoms with Crippen LogP contribution < -0.4 is 11.2 Å². The number of nitrogens with two attached hydrogens (primary N) is 1. The highest BCUT2D eigenvalue weighted by Gasteiger charge is 2.24. The van der Waals surface area contributed by atoms with Crippen LogP contribution in [0.15, 0.2) is 0 Å². The van der Waals surface area contributed by atoms with E-state index >= 15 is 0 Å². The van der Waals surface area contributed by atoms with E-state index in [9.17, 15) is 9.59 Å². The van der Waals surface area contributed by atoms with Gasteiger partial charge in [-0.25, -0.2) is 15.6 Å². The fourth-order valence-electron chi connectivity index (χ4n) is 1.28. The molecule has 0 bridgehead atoms. The third-order valence-electron chi connectivity index (χ3n) is 2.06. The van der Waals surface area contributed by atoms with E-state index in [1.807, 2.05) is 0 Å². The van der Waals surface area contributed by atoms with Crippen LogP contribution in [0.3, 0.4) is 0 Å². The van der Waals surface area contributed by atoms with Crippen LogP contribution >= 0.6 is 0 Å². The van der Waals surface area contributed by atoms with Gasteiger partial charge in [0.05, 0.1) is 6.04 Å². The number of hydrogen-bond acceptors (Lipinski definition) is 4. The lowest BCUT2D eigenvalue weighted by atomic mass is 10.1. The van der Waals surface area contributed by atoms with Gasteiger partial charge in [-0.2, -0.15) is 0 Å². The molecule has 0 saturated carbocycles. The summed E-state index contributed by atoms with van der Waals surface area (Å²) in [6, 6.07) is -0.217. The number of carboxylic acid groups (broad SMARTS) is 1. The molecule has 1 saturated heterocycles. The number of ketones is 1. The molecule has 13 heavy (non-hydrogen) atoms. The van der Waals surface area contributed by atoms with Crippen molar-refractivity contribution in [3.05, 3.63) is 0 Å². The molecule has 1 fully saturated rings. The van der Waals surface area contributed by atoms with E-state index in [-0.39, 0.29) is 18.4 Å². The van der Waals surface area contributed by atoms with Crippen molar-refractivity contribution in [3.63, 3.8) is 0 Å². The first-order valence-electron chi connectivity index (χ1n) is 4.12. The normalized spacial score (nSPS) is 21.9. The maximum Gasteiger partial charge on any atom is 0.421 e. The molecular weight excluding hydrogens is 174 g/mol. The van der Waals surface area contributed by atoms with Crippen LogP contribution in [0.2, 0.25) is 0 Å². The van der Waals surface area contributed by atoms with Gasteiger partial charge in [-0.15, -0.1) is 0 Å². The Kier molecular flexibility index (Phi) is 3.21. The van der Waals surface area contributed by atoms with Crippen LogP contribution in [-0.4, -0.2) is 41.1 Å².